The molecule has 2 aromatic rings. The van der Waals surface area contributed by atoms with Crippen LogP contribution in [0.25, 0.3) is 0 Å². The van der Waals surface area contributed by atoms with Gasteiger partial charge in [-0.05, 0) is 31.0 Å². The Labute approximate surface area is 146 Å². The molecule has 2 fully saturated rings. The van der Waals surface area contributed by atoms with Crippen LogP contribution in [0.4, 0.5) is 0 Å². The van der Waals surface area contributed by atoms with Gasteiger partial charge in [0.25, 0.3) is 5.91 Å². The van der Waals surface area contributed by atoms with Crippen molar-refractivity contribution < 1.29 is 14.3 Å². The maximum atomic E-state index is 12.9. The molecule has 0 N–H and O–H groups in total. The molecule has 2 aromatic heterocycles. The van der Waals surface area contributed by atoms with Crippen molar-refractivity contribution in [2.45, 2.75) is 43.9 Å². The van der Waals surface area contributed by atoms with Crippen LogP contribution in [0.3, 0.4) is 0 Å². The summed E-state index contributed by atoms with van der Waals surface area (Å²) in [5, 5.41) is 0. The van der Waals surface area contributed by atoms with Crippen LogP contribution in [-0.2, 0) is 0 Å². The summed E-state index contributed by atoms with van der Waals surface area (Å²) in [7, 11) is 1.57. The molecule has 0 saturated carbocycles. The molecule has 2 bridgehead atoms. The molecule has 0 radical (unpaired) electrons. The highest BCUT2D eigenvalue weighted by molar-refractivity contribution is 5.94. The van der Waals surface area contributed by atoms with Gasteiger partial charge < -0.3 is 14.4 Å². The van der Waals surface area contributed by atoms with Crippen molar-refractivity contribution in [3.8, 4) is 11.6 Å². The molecule has 4 heterocycles. The van der Waals surface area contributed by atoms with Gasteiger partial charge in [0.15, 0.2) is 0 Å². The van der Waals surface area contributed by atoms with Crippen LogP contribution >= 0.6 is 0 Å². The second-order valence-electron chi connectivity index (χ2n) is 6.58. The van der Waals surface area contributed by atoms with Gasteiger partial charge in [0.05, 0.1) is 12.7 Å². The molecule has 6 heteroatoms. The predicted octanol–water partition coefficient (Wildman–Crippen LogP) is 2.70. The van der Waals surface area contributed by atoms with Crippen LogP contribution in [0.5, 0.6) is 11.6 Å². The SMILES string of the molecule is COc1ccc(C(=O)N2C3CCC2CC(Oc2ccncc2)C3)cn1. The highest BCUT2D eigenvalue weighted by Crippen LogP contribution is 2.38. The number of piperidine rings is 1. The normalized spacial score (nSPS) is 24.8. The maximum Gasteiger partial charge on any atom is 0.255 e. The number of carbonyl (C=O) groups is 1. The fourth-order valence-electron chi connectivity index (χ4n) is 3.94. The predicted molar refractivity (Wildman–Crippen MR) is 91.7 cm³/mol. The Morgan fingerprint density at radius 2 is 1.84 bits per heavy atom. The average Bonchev–Trinajstić information content (AvgIpc) is 2.92. The lowest BCUT2D eigenvalue weighted by atomic mass is 9.98. The van der Waals surface area contributed by atoms with Gasteiger partial charge in [-0.2, -0.15) is 0 Å². The van der Waals surface area contributed by atoms with Crippen LogP contribution < -0.4 is 9.47 Å². The van der Waals surface area contributed by atoms with E-state index in [-0.39, 0.29) is 24.1 Å². The Balaban J connectivity index is 1.45. The minimum atomic E-state index is 0.0602. The van der Waals surface area contributed by atoms with Gasteiger partial charge in [0, 0.05) is 49.6 Å². The van der Waals surface area contributed by atoms with Crippen molar-refractivity contribution in [2.24, 2.45) is 0 Å². The molecule has 0 aliphatic carbocycles. The Kier molecular flexibility index (Phi) is 4.26. The van der Waals surface area contributed by atoms with E-state index in [1.54, 1.807) is 37.8 Å². The molecule has 0 aromatic carbocycles. The minimum Gasteiger partial charge on any atom is -0.490 e. The van der Waals surface area contributed by atoms with Crippen LogP contribution in [0.2, 0.25) is 0 Å². The third-order valence-electron chi connectivity index (χ3n) is 5.07. The Morgan fingerprint density at radius 3 is 2.44 bits per heavy atom. The number of nitrogens with zero attached hydrogens (tertiary/aromatic N) is 3. The molecule has 2 saturated heterocycles. The number of carbonyl (C=O) groups excluding carboxylic acids is 1. The summed E-state index contributed by atoms with van der Waals surface area (Å²) >= 11 is 0. The lowest BCUT2D eigenvalue weighted by Gasteiger charge is -2.39. The molecule has 130 valence electrons. The van der Waals surface area contributed by atoms with Crippen LogP contribution in [-0.4, -0.2) is 46.1 Å². The van der Waals surface area contributed by atoms with Crippen LogP contribution in [0.15, 0.2) is 42.9 Å². The molecule has 0 spiro atoms. The van der Waals surface area contributed by atoms with E-state index in [1.165, 1.54) is 0 Å². The third-order valence-corrected chi connectivity index (χ3v) is 5.07. The fourth-order valence-corrected chi connectivity index (χ4v) is 3.94. The van der Waals surface area contributed by atoms with Crippen LogP contribution in [0, 0.1) is 0 Å². The standard InChI is InChI=1S/C19H21N3O3/c1-24-18-5-2-13(12-21-18)19(23)22-14-3-4-15(22)11-17(10-14)25-16-6-8-20-9-7-16/h2,5-9,12,14-15,17H,3-4,10-11H2,1H3. The van der Waals surface area contributed by atoms with E-state index < -0.39 is 0 Å². The molecule has 1 amide bonds. The summed E-state index contributed by atoms with van der Waals surface area (Å²) in [6.45, 7) is 0. The smallest absolute Gasteiger partial charge is 0.255 e. The monoisotopic (exact) mass is 339 g/mol. The quantitative estimate of drug-likeness (QED) is 0.857. The van der Waals surface area contributed by atoms with Crippen LogP contribution in [0.1, 0.15) is 36.0 Å². The summed E-state index contributed by atoms with van der Waals surface area (Å²) in [4.78, 5) is 23.1. The Bertz CT molecular complexity index is 721. The van der Waals surface area contributed by atoms with Gasteiger partial charge in [0.1, 0.15) is 11.9 Å². The number of amides is 1. The molecule has 2 aliphatic rings. The van der Waals surface area contributed by atoms with Gasteiger partial charge in [-0.1, -0.05) is 0 Å². The van der Waals surface area contributed by atoms with E-state index in [1.807, 2.05) is 17.0 Å². The Morgan fingerprint density at radius 1 is 1.12 bits per heavy atom. The maximum absolute atomic E-state index is 12.9. The van der Waals surface area contributed by atoms with Gasteiger partial charge in [-0.15, -0.1) is 0 Å². The number of aromatic nitrogens is 2. The summed E-state index contributed by atoms with van der Waals surface area (Å²) in [6, 6.07) is 7.74. The fraction of sp³-hybridized carbons (Fsp3) is 0.421. The number of fused-ring (bicyclic) bond motifs is 2. The van der Waals surface area contributed by atoms with Gasteiger partial charge in [-0.3, -0.25) is 9.78 Å². The van der Waals surface area contributed by atoms with Crippen molar-refractivity contribution in [2.75, 3.05) is 7.11 Å². The van der Waals surface area contributed by atoms with Crippen molar-refractivity contribution in [1.82, 2.24) is 14.9 Å². The minimum absolute atomic E-state index is 0.0602. The highest BCUT2D eigenvalue weighted by Gasteiger charge is 2.44. The number of pyridine rings is 2. The van der Waals surface area contributed by atoms with E-state index >= 15 is 0 Å². The van der Waals surface area contributed by atoms with E-state index in [2.05, 4.69) is 9.97 Å². The Hall–Kier alpha value is -2.63. The number of methoxy groups -OCH3 is 1. The van der Waals surface area contributed by atoms with Crippen molar-refractivity contribution in [3.63, 3.8) is 0 Å². The molecule has 25 heavy (non-hydrogen) atoms. The number of hydrogen-bond acceptors (Lipinski definition) is 5. The van der Waals surface area contributed by atoms with E-state index in [0.29, 0.717) is 11.4 Å². The van der Waals surface area contributed by atoms with E-state index in [4.69, 9.17) is 9.47 Å². The van der Waals surface area contributed by atoms with Crippen molar-refractivity contribution in [1.29, 1.82) is 0 Å². The molecule has 4 rings (SSSR count). The summed E-state index contributed by atoms with van der Waals surface area (Å²) in [5.74, 6) is 1.42. The lowest BCUT2D eigenvalue weighted by molar-refractivity contribution is 0.0358. The molecule has 2 atom stereocenters. The second kappa shape index (κ2) is 6.70. The topological polar surface area (TPSA) is 64.5 Å². The van der Waals surface area contributed by atoms with E-state index in [0.717, 1.165) is 31.4 Å². The lowest BCUT2D eigenvalue weighted by Crippen LogP contribution is -2.49. The second-order valence-corrected chi connectivity index (χ2v) is 6.58. The zero-order valence-corrected chi connectivity index (χ0v) is 14.2. The van der Waals surface area contributed by atoms with Crippen molar-refractivity contribution in [3.05, 3.63) is 48.4 Å². The first-order valence-corrected chi connectivity index (χ1v) is 8.64. The molecular formula is C19H21N3O3. The number of ether oxygens (including phenoxy) is 2. The first kappa shape index (κ1) is 15.9. The first-order valence-electron chi connectivity index (χ1n) is 8.64. The molecule has 2 unspecified atom stereocenters. The zero-order chi connectivity index (χ0) is 17.2. The van der Waals surface area contributed by atoms with Gasteiger partial charge >= 0.3 is 0 Å². The largest absolute Gasteiger partial charge is 0.490 e. The number of hydrogen-bond donors (Lipinski definition) is 0. The average molecular weight is 339 g/mol. The molecular weight excluding hydrogens is 318 g/mol. The highest BCUT2D eigenvalue weighted by atomic mass is 16.5. The molecule has 2 aliphatic heterocycles. The van der Waals surface area contributed by atoms with Gasteiger partial charge in [0.2, 0.25) is 5.88 Å². The third kappa shape index (κ3) is 3.16. The van der Waals surface area contributed by atoms with Crippen molar-refractivity contribution >= 4 is 5.91 Å². The number of rotatable bonds is 4. The van der Waals surface area contributed by atoms with Gasteiger partial charge in [-0.25, -0.2) is 4.98 Å². The zero-order valence-electron chi connectivity index (χ0n) is 14.2. The summed E-state index contributed by atoms with van der Waals surface area (Å²) < 4.78 is 11.2. The molecule has 6 nitrogen and oxygen atoms in total. The van der Waals surface area contributed by atoms with E-state index in [9.17, 15) is 4.79 Å². The summed E-state index contributed by atoms with van der Waals surface area (Å²) in [6.07, 6.45) is 9.03. The summed E-state index contributed by atoms with van der Waals surface area (Å²) in [5.41, 5.74) is 0.617. The first-order chi connectivity index (χ1) is 12.2.